The number of amides is 1. The van der Waals surface area contributed by atoms with Crippen LogP contribution >= 0.6 is 0 Å². The monoisotopic (exact) mass is 162 g/mol. The second kappa shape index (κ2) is 2.52. The van der Waals surface area contributed by atoms with Gasteiger partial charge in [0.15, 0.2) is 0 Å². The van der Waals surface area contributed by atoms with E-state index in [0.29, 0.717) is 12.0 Å². The Labute approximate surface area is 70.6 Å². The van der Waals surface area contributed by atoms with E-state index in [-0.39, 0.29) is 5.91 Å². The number of hydrogen-bond donors (Lipinski definition) is 2. The molecule has 0 bridgehead atoms. The number of hydrogen-bond acceptors (Lipinski definition) is 2. The van der Waals surface area contributed by atoms with Crippen LogP contribution < -0.4 is 11.1 Å². The highest BCUT2D eigenvalue weighted by atomic mass is 16.1. The molecular weight excluding hydrogens is 152 g/mol. The maximum atomic E-state index is 10.8. The summed E-state index contributed by atoms with van der Waals surface area (Å²) in [6.45, 7) is 0.835. The summed E-state index contributed by atoms with van der Waals surface area (Å²) in [5.74, 6) is -0.320. The van der Waals surface area contributed by atoms with Crippen molar-refractivity contribution in [1.82, 2.24) is 5.32 Å². The Morgan fingerprint density at radius 1 is 1.58 bits per heavy atom. The van der Waals surface area contributed by atoms with Gasteiger partial charge in [-0.25, -0.2) is 0 Å². The second-order valence-corrected chi connectivity index (χ2v) is 2.93. The van der Waals surface area contributed by atoms with Crippen molar-refractivity contribution in [2.45, 2.75) is 6.42 Å². The van der Waals surface area contributed by atoms with Crippen LogP contribution in [0.25, 0.3) is 0 Å². The van der Waals surface area contributed by atoms with Gasteiger partial charge in [-0.15, -0.1) is 0 Å². The lowest BCUT2D eigenvalue weighted by atomic mass is 10.1. The maximum absolute atomic E-state index is 10.8. The molecule has 0 saturated heterocycles. The number of nitrogens with one attached hydrogen (secondary N) is 1. The predicted molar refractivity (Wildman–Crippen MR) is 46.1 cm³/mol. The van der Waals surface area contributed by atoms with Gasteiger partial charge in [-0.1, -0.05) is 12.2 Å². The number of nitrogens with two attached hydrogens (primary N) is 1. The number of carbonyl (C=O) groups is 1. The van der Waals surface area contributed by atoms with E-state index in [0.717, 1.165) is 17.8 Å². The zero-order chi connectivity index (χ0) is 8.55. The topological polar surface area (TPSA) is 55.1 Å². The normalized spacial score (nSPS) is 20.2. The molecule has 0 saturated carbocycles. The molecule has 1 aliphatic carbocycles. The number of carbonyl (C=O) groups excluding carboxylic acids is 1. The number of rotatable bonds is 1. The first-order valence-corrected chi connectivity index (χ1v) is 3.91. The first kappa shape index (κ1) is 7.16. The third kappa shape index (κ3) is 1.03. The lowest BCUT2D eigenvalue weighted by Gasteiger charge is -2.09. The number of allylic oxidation sites excluding steroid dienone is 3. The van der Waals surface area contributed by atoms with Crippen molar-refractivity contribution in [3.63, 3.8) is 0 Å². The molecule has 0 unspecified atom stereocenters. The van der Waals surface area contributed by atoms with E-state index in [4.69, 9.17) is 5.73 Å². The van der Waals surface area contributed by atoms with E-state index >= 15 is 0 Å². The Morgan fingerprint density at radius 2 is 2.42 bits per heavy atom. The van der Waals surface area contributed by atoms with Crippen molar-refractivity contribution < 1.29 is 4.79 Å². The molecular formula is C9H10N2O. The average molecular weight is 162 g/mol. The van der Waals surface area contributed by atoms with Crippen molar-refractivity contribution in [3.05, 3.63) is 35.1 Å². The van der Waals surface area contributed by atoms with Gasteiger partial charge in [0.1, 0.15) is 0 Å². The molecule has 62 valence electrons. The summed E-state index contributed by atoms with van der Waals surface area (Å²) in [6, 6.07) is 0. The SMILES string of the molecule is NC(=O)C1=CC2=C(C=CCN2)C1. The molecule has 0 spiro atoms. The van der Waals surface area contributed by atoms with Gasteiger partial charge in [0.25, 0.3) is 0 Å². The highest BCUT2D eigenvalue weighted by Crippen LogP contribution is 2.25. The zero-order valence-electron chi connectivity index (χ0n) is 6.63. The third-order valence-electron chi connectivity index (χ3n) is 2.09. The van der Waals surface area contributed by atoms with Crippen LogP contribution in [0.4, 0.5) is 0 Å². The molecule has 0 fully saturated rings. The third-order valence-corrected chi connectivity index (χ3v) is 2.09. The van der Waals surface area contributed by atoms with Gasteiger partial charge in [-0.2, -0.15) is 0 Å². The lowest BCUT2D eigenvalue weighted by Crippen LogP contribution is -2.14. The summed E-state index contributed by atoms with van der Waals surface area (Å²) >= 11 is 0. The summed E-state index contributed by atoms with van der Waals surface area (Å²) in [4.78, 5) is 10.8. The van der Waals surface area contributed by atoms with Crippen molar-refractivity contribution in [1.29, 1.82) is 0 Å². The molecule has 3 heteroatoms. The molecule has 2 rings (SSSR count). The van der Waals surface area contributed by atoms with Gasteiger partial charge in [-0.05, 0) is 11.6 Å². The zero-order valence-corrected chi connectivity index (χ0v) is 6.63. The molecule has 0 aromatic carbocycles. The molecule has 1 heterocycles. The van der Waals surface area contributed by atoms with E-state index in [1.807, 2.05) is 18.2 Å². The molecule has 1 amide bonds. The maximum Gasteiger partial charge on any atom is 0.245 e. The van der Waals surface area contributed by atoms with Gasteiger partial charge in [0, 0.05) is 24.2 Å². The second-order valence-electron chi connectivity index (χ2n) is 2.93. The Morgan fingerprint density at radius 3 is 3.08 bits per heavy atom. The van der Waals surface area contributed by atoms with Gasteiger partial charge in [0.05, 0.1) is 0 Å². The number of dihydropyridines is 1. The van der Waals surface area contributed by atoms with Crippen molar-refractivity contribution in [2.75, 3.05) is 6.54 Å². The fraction of sp³-hybridized carbons (Fsp3) is 0.222. The van der Waals surface area contributed by atoms with Crippen LogP contribution in [0.5, 0.6) is 0 Å². The van der Waals surface area contributed by atoms with Crippen molar-refractivity contribution in [3.8, 4) is 0 Å². The van der Waals surface area contributed by atoms with Crippen LogP contribution in [-0.4, -0.2) is 12.5 Å². The van der Waals surface area contributed by atoms with Crippen LogP contribution in [0.2, 0.25) is 0 Å². The Balaban J connectivity index is 2.24. The average Bonchev–Trinajstić information content (AvgIpc) is 2.46. The largest absolute Gasteiger partial charge is 0.381 e. The van der Waals surface area contributed by atoms with E-state index in [9.17, 15) is 4.79 Å². The van der Waals surface area contributed by atoms with Gasteiger partial charge < -0.3 is 11.1 Å². The molecule has 3 nitrogen and oxygen atoms in total. The van der Waals surface area contributed by atoms with Crippen LogP contribution in [-0.2, 0) is 4.79 Å². The minimum absolute atomic E-state index is 0.320. The van der Waals surface area contributed by atoms with Crippen LogP contribution in [0.15, 0.2) is 35.1 Å². The van der Waals surface area contributed by atoms with Crippen LogP contribution in [0.1, 0.15) is 6.42 Å². The molecule has 0 aromatic rings. The first-order chi connectivity index (χ1) is 5.77. The standard InChI is InChI=1S/C9H10N2O/c10-9(12)7-4-6-2-1-3-11-8(6)5-7/h1-2,5,11H,3-4H2,(H2,10,12). The van der Waals surface area contributed by atoms with Gasteiger partial charge in [-0.3, -0.25) is 4.79 Å². The molecule has 3 N–H and O–H groups in total. The Hall–Kier alpha value is -1.51. The fourth-order valence-electron chi connectivity index (χ4n) is 1.46. The molecule has 2 aliphatic rings. The van der Waals surface area contributed by atoms with E-state index < -0.39 is 0 Å². The van der Waals surface area contributed by atoms with E-state index in [1.54, 1.807) is 0 Å². The van der Waals surface area contributed by atoms with E-state index in [2.05, 4.69) is 5.32 Å². The number of primary amides is 1. The van der Waals surface area contributed by atoms with Crippen molar-refractivity contribution in [2.24, 2.45) is 5.73 Å². The van der Waals surface area contributed by atoms with Gasteiger partial charge >= 0.3 is 0 Å². The molecule has 0 atom stereocenters. The van der Waals surface area contributed by atoms with E-state index in [1.165, 1.54) is 0 Å². The quantitative estimate of drug-likeness (QED) is 0.579. The highest BCUT2D eigenvalue weighted by Gasteiger charge is 2.18. The fourth-order valence-corrected chi connectivity index (χ4v) is 1.46. The highest BCUT2D eigenvalue weighted by molar-refractivity contribution is 5.94. The lowest BCUT2D eigenvalue weighted by molar-refractivity contribution is -0.114. The first-order valence-electron chi connectivity index (χ1n) is 3.91. The molecule has 1 aliphatic heterocycles. The molecule has 0 radical (unpaired) electrons. The van der Waals surface area contributed by atoms with Crippen LogP contribution in [0, 0.1) is 0 Å². The summed E-state index contributed by atoms with van der Waals surface area (Å²) in [6.07, 6.45) is 6.59. The smallest absolute Gasteiger partial charge is 0.245 e. The molecule has 12 heavy (non-hydrogen) atoms. The summed E-state index contributed by atoms with van der Waals surface area (Å²) in [5.41, 5.74) is 8.07. The summed E-state index contributed by atoms with van der Waals surface area (Å²) in [5, 5.41) is 3.17. The molecule has 0 aromatic heterocycles. The predicted octanol–water partition coefficient (Wildman–Crippen LogP) is 0.215. The van der Waals surface area contributed by atoms with Gasteiger partial charge in [0.2, 0.25) is 5.91 Å². The minimum atomic E-state index is -0.320. The minimum Gasteiger partial charge on any atom is -0.381 e. The Bertz CT molecular complexity index is 323. The van der Waals surface area contributed by atoms with Crippen molar-refractivity contribution >= 4 is 5.91 Å². The van der Waals surface area contributed by atoms with Crippen LogP contribution in [0.3, 0.4) is 0 Å². The Kier molecular flexibility index (Phi) is 1.50. The summed E-state index contributed by atoms with van der Waals surface area (Å²) in [7, 11) is 0. The summed E-state index contributed by atoms with van der Waals surface area (Å²) < 4.78 is 0.